The Balaban J connectivity index is 0.00000481. The van der Waals surface area contributed by atoms with Crippen LogP contribution < -0.4 is 4.74 Å². The first-order chi connectivity index (χ1) is 24.8. The van der Waals surface area contributed by atoms with Crippen LogP contribution in [0.2, 0.25) is 0 Å². The molecule has 0 radical (unpaired) electrons. The van der Waals surface area contributed by atoms with Gasteiger partial charge in [-0.25, -0.2) is 4.98 Å². The number of pyridine rings is 1. The Hall–Kier alpha value is -4.50. The van der Waals surface area contributed by atoms with Gasteiger partial charge in [0, 0.05) is 34.5 Å². The maximum atomic E-state index is 6.66. The second-order valence-corrected chi connectivity index (χ2v) is 15.7. The molecule has 7 rings (SSSR count). The normalized spacial score (nSPS) is 11.8. The van der Waals surface area contributed by atoms with E-state index in [1.807, 2.05) is 16.9 Å². The molecule has 5 nitrogen and oxygen atoms in total. The van der Waals surface area contributed by atoms with Crippen LogP contribution in [0.3, 0.4) is 0 Å². The Morgan fingerprint density at radius 3 is 2.25 bits per heavy atom. The van der Waals surface area contributed by atoms with Gasteiger partial charge in [-0.05, 0) is 109 Å². The molecule has 0 amide bonds. The van der Waals surface area contributed by atoms with Crippen LogP contribution in [0.5, 0.6) is 11.5 Å². The average molecular weight is 793 g/mol. The van der Waals surface area contributed by atoms with E-state index in [0.717, 1.165) is 69.5 Å². The van der Waals surface area contributed by atoms with Crippen LogP contribution in [0.15, 0.2) is 79.0 Å². The van der Waals surface area contributed by atoms with Crippen molar-refractivity contribution in [3.8, 4) is 34.1 Å². The molecule has 274 valence electrons. The van der Waals surface area contributed by atoms with Gasteiger partial charge in [-0.2, -0.15) is 11.2 Å². The summed E-state index contributed by atoms with van der Waals surface area (Å²) in [4.78, 5) is 4.83. The molecular formula is C47H50N4OPd. The molecular weight excluding hydrogens is 743 g/mol. The summed E-state index contributed by atoms with van der Waals surface area (Å²) in [6.07, 6.45) is 5.26. The van der Waals surface area contributed by atoms with Crippen LogP contribution >= 0.6 is 0 Å². The molecule has 0 atom stereocenters. The van der Waals surface area contributed by atoms with E-state index in [-0.39, 0.29) is 31.8 Å². The summed E-state index contributed by atoms with van der Waals surface area (Å²) < 4.78 is 10.9. The maximum absolute atomic E-state index is 6.66. The van der Waals surface area contributed by atoms with Gasteiger partial charge in [-0.15, -0.1) is 41.3 Å². The third-order valence-electron chi connectivity index (χ3n) is 10.3. The second-order valence-electron chi connectivity index (χ2n) is 15.7. The third-order valence-corrected chi connectivity index (χ3v) is 10.3. The molecule has 3 heterocycles. The molecule has 0 saturated carbocycles. The zero-order valence-corrected chi connectivity index (χ0v) is 34.3. The van der Waals surface area contributed by atoms with E-state index in [1.54, 1.807) is 0 Å². The van der Waals surface area contributed by atoms with Crippen molar-refractivity contribution in [1.82, 2.24) is 19.3 Å². The van der Waals surface area contributed by atoms with Crippen molar-refractivity contribution in [3.63, 3.8) is 0 Å². The monoisotopic (exact) mass is 792 g/mol. The van der Waals surface area contributed by atoms with Crippen molar-refractivity contribution < 1.29 is 25.2 Å². The van der Waals surface area contributed by atoms with E-state index in [9.17, 15) is 0 Å². The largest absolute Gasteiger partial charge is 2.00 e. The standard InChI is InChI=1S/C47H50N4O.Pd/c1-11-12-15-34-20-21-48-44(24-34)50-42-17-14-13-16-40(42)41-19-18-38(28-43(41)50)52-39-26-35(29(2)3)25-37(27-39)51-33(7)46(32(6)49-51)45-30(4)22-36(23-31(45)5)47(8,9)10;/h13-14,16-26,29H,11-12,15H2,1-10H3;/q-2;+2. The van der Waals surface area contributed by atoms with Crippen LogP contribution in [-0.4, -0.2) is 19.3 Å². The zero-order chi connectivity index (χ0) is 36.9. The van der Waals surface area contributed by atoms with E-state index in [2.05, 4.69) is 153 Å². The Morgan fingerprint density at radius 1 is 0.811 bits per heavy atom. The van der Waals surface area contributed by atoms with Crippen molar-refractivity contribution in [2.75, 3.05) is 0 Å². The number of hydrogen-bond donors (Lipinski definition) is 0. The van der Waals surface area contributed by atoms with Gasteiger partial charge in [-0.3, -0.25) is 4.68 Å². The summed E-state index contributed by atoms with van der Waals surface area (Å²) in [5, 5.41) is 7.38. The Kier molecular flexibility index (Phi) is 10.9. The maximum Gasteiger partial charge on any atom is 2.00 e. The summed E-state index contributed by atoms with van der Waals surface area (Å²) in [6.45, 7) is 22.2. The van der Waals surface area contributed by atoms with Gasteiger partial charge < -0.3 is 9.30 Å². The molecule has 0 aliphatic heterocycles. The zero-order valence-electron chi connectivity index (χ0n) is 32.7. The van der Waals surface area contributed by atoms with Gasteiger partial charge in [0.2, 0.25) is 0 Å². The fraction of sp³-hybridized carbons (Fsp3) is 0.319. The molecule has 0 saturated heterocycles. The number of rotatable bonds is 9. The van der Waals surface area contributed by atoms with Crippen molar-refractivity contribution in [3.05, 3.63) is 130 Å². The van der Waals surface area contributed by atoms with E-state index in [1.165, 1.54) is 33.4 Å². The fourth-order valence-corrected chi connectivity index (χ4v) is 7.49. The second kappa shape index (κ2) is 15.1. The van der Waals surface area contributed by atoms with Crippen LogP contribution in [0.4, 0.5) is 0 Å². The predicted octanol–water partition coefficient (Wildman–Crippen LogP) is 12.4. The minimum absolute atomic E-state index is 0. The minimum atomic E-state index is 0. The van der Waals surface area contributed by atoms with Gasteiger partial charge in [-0.1, -0.05) is 83.8 Å². The number of fused-ring (bicyclic) bond motifs is 3. The van der Waals surface area contributed by atoms with Gasteiger partial charge >= 0.3 is 20.4 Å². The summed E-state index contributed by atoms with van der Waals surface area (Å²) in [5.74, 6) is 2.43. The van der Waals surface area contributed by atoms with Gasteiger partial charge in [0.05, 0.1) is 5.69 Å². The quantitative estimate of drug-likeness (QED) is 0.108. The van der Waals surface area contributed by atoms with Gasteiger partial charge in [0.15, 0.2) is 0 Å². The number of hydrogen-bond acceptors (Lipinski definition) is 3. The van der Waals surface area contributed by atoms with Crippen LogP contribution in [0.1, 0.15) is 99.5 Å². The topological polar surface area (TPSA) is 44.9 Å². The predicted molar refractivity (Wildman–Crippen MR) is 216 cm³/mol. The molecule has 53 heavy (non-hydrogen) atoms. The van der Waals surface area contributed by atoms with Gasteiger partial charge in [0.1, 0.15) is 5.82 Å². The van der Waals surface area contributed by atoms with Crippen molar-refractivity contribution in [1.29, 1.82) is 0 Å². The number of unbranched alkanes of at least 4 members (excludes halogenated alkanes) is 1. The van der Waals surface area contributed by atoms with Crippen molar-refractivity contribution in [2.24, 2.45) is 0 Å². The molecule has 0 unspecified atom stereocenters. The van der Waals surface area contributed by atoms with Crippen LogP contribution in [0, 0.1) is 39.8 Å². The number of aryl methyl sites for hydroxylation is 4. The Labute approximate surface area is 329 Å². The van der Waals surface area contributed by atoms with Crippen LogP contribution in [-0.2, 0) is 32.3 Å². The van der Waals surface area contributed by atoms with E-state index in [0.29, 0.717) is 11.5 Å². The first-order valence-electron chi connectivity index (χ1n) is 18.7. The van der Waals surface area contributed by atoms with Crippen molar-refractivity contribution in [2.45, 2.75) is 99.8 Å². The molecule has 3 aromatic heterocycles. The number of ether oxygens (including phenoxy) is 1. The molecule has 0 N–H and O–H groups in total. The van der Waals surface area contributed by atoms with E-state index < -0.39 is 0 Å². The molecule has 0 bridgehead atoms. The minimum Gasteiger partial charge on any atom is -0.509 e. The average Bonchev–Trinajstić information content (AvgIpc) is 3.59. The fourth-order valence-electron chi connectivity index (χ4n) is 7.49. The SMILES string of the molecule is CCCCc1ccnc(-n2c3[c-]c(Oc4[c-]c(-n5nc(C)c(-c6c(C)cc(C(C)(C)C)cc6C)c5C)cc(C(C)C)c4)ccc3c3ccccc32)c1.[Pd+2]. The first-order valence-corrected chi connectivity index (χ1v) is 18.7. The van der Waals surface area contributed by atoms with E-state index >= 15 is 0 Å². The smallest absolute Gasteiger partial charge is 0.509 e. The van der Waals surface area contributed by atoms with E-state index in [4.69, 9.17) is 14.8 Å². The van der Waals surface area contributed by atoms with Crippen molar-refractivity contribution >= 4 is 21.8 Å². The molecule has 4 aromatic carbocycles. The number of para-hydroxylation sites is 1. The number of benzene rings is 4. The Morgan fingerprint density at radius 2 is 1.55 bits per heavy atom. The summed E-state index contributed by atoms with van der Waals surface area (Å²) >= 11 is 0. The summed E-state index contributed by atoms with van der Waals surface area (Å²) in [6, 6.07) is 33.1. The summed E-state index contributed by atoms with van der Waals surface area (Å²) in [7, 11) is 0. The molecule has 0 fully saturated rings. The third kappa shape index (κ3) is 7.37. The number of aromatic nitrogens is 4. The number of nitrogens with zero attached hydrogens (tertiary/aromatic N) is 4. The first kappa shape index (κ1) is 38.2. The molecule has 6 heteroatoms. The molecule has 0 spiro atoms. The molecule has 0 aliphatic carbocycles. The van der Waals surface area contributed by atoms with Gasteiger partial charge in [0.25, 0.3) is 0 Å². The Bertz CT molecular complexity index is 2420. The van der Waals surface area contributed by atoms with Crippen LogP contribution in [0.25, 0.3) is 44.4 Å². The molecule has 0 aliphatic rings. The molecule has 7 aromatic rings. The summed E-state index contributed by atoms with van der Waals surface area (Å²) in [5.41, 5.74) is 13.8.